The van der Waals surface area contributed by atoms with E-state index in [0.717, 1.165) is 47.0 Å². The Morgan fingerprint density at radius 1 is 0.711 bits per heavy atom. The number of hydrogen-bond donors (Lipinski definition) is 0. The number of nitro groups is 2. The number of ether oxygens (including phenoxy) is 3. The molecule has 0 saturated carbocycles. The van der Waals surface area contributed by atoms with Crippen LogP contribution in [0.5, 0.6) is 0 Å². The number of nitro benzene ring substituents is 2. The molecule has 2 rings (SSSR count). The number of carbonyl (C=O) groups excluding carboxylic acids is 2. The zero-order valence-electron chi connectivity index (χ0n) is 23.5. The maximum absolute atomic E-state index is 12.9. The Kier molecular flexibility index (Phi) is 17.4. The summed E-state index contributed by atoms with van der Waals surface area (Å²) >= 11 is 0. The number of likely N-dealkylation sites (N-methyl/N-ethyl adjacent to an activating group) is 2. The third kappa shape index (κ3) is 11.3. The first kappa shape index (κ1) is 42.3. The summed E-state index contributed by atoms with van der Waals surface area (Å²) in [6.07, 6.45) is -3.39. The summed E-state index contributed by atoms with van der Waals surface area (Å²) in [6, 6.07) is 9.44. The van der Waals surface area contributed by atoms with E-state index >= 15 is 0 Å². The van der Waals surface area contributed by atoms with Gasteiger partial charge in [-0.25, -0.2) is 16.8 Å². The van der Waals surface area contributed by atoms with E-state index in [1.165, 1.54) is 38.5 Å². The van der Waals surface area contributed by atoms with Crippen molar-refractivity contribution in [2.75, 3.05) is 41.4 Å². The van der Waals surface area contributed by atoms with Gasteiger partial charge in [-0.3, -0.25) is 29.8 Å². The average Bonchev–Trinajstić information content (AvgIpc) is 2.95. The van der Waals surface area contributed by atoms with Crippen molar-refractivity contribution >= 4 is 81.1 Å². The number of rotatable bonds is 16. The molecule has 0 bridgehead atoms. The van der Waals surface area contributed by atoms with Gasteiger partial charge in [-0.15, -0.1) is 0 Å². The standard InChI is InChI=1S/C24H30N4O13S2.2Li.2H/c1-25(42(35,36)21-11-7-5-9-19(21)27(31)32)15-17(39-3)13-23(29)41-24(30)14-18(40-4)16-26(2)43(37,38)22-12-8-6-10-20(22)28(33)34;;;;/h5-12,17-18H,13-16H2,1-4H3;;;;. The molecule has 0 heterocycles. The molecular weight excluding hydrogens is 630 g/mol. The van der Waals surface area contributed by atoms with Crippen molar-refractivity contribution in [3.8, 4) is 0 Å². The van der Waals surface area contributed by atoms with Crippen LogP contribution < -0.4 is 0 Å². The van der Waals surface area contributed by atoms with Crippen LogP contribution in [0.25, 0.3) is 0 Å². The fraction of sp³-hybridized carbons (Fsp3) is 0.417. The van der Waals surface area contributed by atoms with E-state index in [2.05, 4.69) is 0 Å². The van der Waals surface area contributed by atoms with Gasteiger partial charge in [0.1, 0.15) is 0 Å². The third-order valence-electron chi connectivity index (χ3n) is 6.10. The first-order chi connectivity index (χ1) is 20.1. The second-order valence-electron chi connectivity index (χ2n) is 8.99. The second-order valence-corrected chi connectivity index (χ2v) is 13.0. The van der Waals surface area contributed by atoms with Gasteiger partial charge in [-0.05, 0) is 12.1 Å². The number of nitrogens with zero attached hydrogens (tertiary/aromatic N) is 4. The predicted octanol–water partition coefficient (Wildman–Crippen LogP) is 0.0272. The number of esters is 2. The van der Waals surface area contributed by atoms with Gasteiger partial charge in [0.2, 0.25) is 20.0 Å². The van der Waals surface area contributed by atoms with E-state index in [-0.39, 0.29) is 37.7 Å². The first-order valence-electron chi connectivity index (χ1n) is 12.2. The summed E-state index contributed by atoms with van der Waals surface area (Å²) in [6.45, 7) is -0.855. The van der Waals surface area contributed by atoms with Crippen LogP contribution in [0.4, 0.5) is 11.4 Å². The van der Waals surface area contributed by atoms with Crippen LogP contribution in [-0.2, 0) is 43.8 Å². The zero-order chi connectivity index (χ0) is 32.5. The van der Waals surface area contributed by atoms with E-state index in [1.54, 1.807) is 0 Å². The average molecular weight is 663 g/mol. The molecule has 2 aromatic carbocycles. The molecule has 0 N–H and O–H groups in total. The molecule has 45 heavy (non-hydrogen) atoms. The molecule has 0 radical (unpaired) electrons. The summed E-state index contributed by atoms with van der Waals surface area (Å²) in [5, 5.41) is 22.5. The molecular formula is C24H32Li2N4O13S2. The SMILES string of the molecule is COC(CC(=O)OC(=O)CC(CN(C)S(=O)(=O)c1ccccc1[N+](=O)[O-])OC)CN(C)S(=O)(=O)c1ccccc1[N+](=O)[O-].[LiH].[LiH]. The monoisotopic (exact) mass is 662 g/mol. The summed E-state index contributed by atoms with van der Waals surface area (Å²) in [5.74, 6) is -2.19. The molecule has 17 nitrogen and oxygen atoms in total. The van der Waals surface area contributed by atoms with Crippen molar-refractivity contribution in [3.05, 3.63) is 68.8 Å². The fourth-order valence-electron chi connectivity index (χ4n) is 3.78. The maximum atomic E-state index is 12.9. The molecule has 0 aliphatic carbocycles. The van der Waals surface area contributed by atoms with Gasteiger partial charge in [-0.2, -0.15) is 8.61 Å². The Labute approximate surface area is 283 Å². The molecule has 0 saturated heterocycles. The number of benzene rings is 2. The van der Waals surface area contributed by atoms with Crippen LogP contribution in [-0.4, -0.2) is 139 Å². The Morgan fingerprint density at radius 3 is 1.31 bits per heavy atom. The number of methoxy groups -OCH3 is 2. The molecule has 2 aromatic rings. The van der Waals surface area contributed by atoms with Gasteiger partial charge in [0.05, 0.1) is 34.9 Å². The van der Waals surface area contributed by atoms with Crippen LogP contribution >= 0.6 is 0 Å². The van der Waals surface area contributed by atoms with Gasteiger partial charge < -0.3 is 14.2 Å². The van der Waals surface area contributed by atoms with E-state index in [9.17, 15) is 46.7 Å². The van der Waals surface area contributed by atoms with Gasteiger partial charge in [0, 0.05) is 53.5 Å². The van der Waals surface area contributed by atoms with E-state index in [0.29, 0.717) is 0 Å². The molecule has 21 heteroatoms. The van der Waals surface area contributed by atoms with Gasteiger partial charge in [0.25, 0.3) is 11.4 Å². The summed E-state index contributed by atoms with van der Waals surface area (Å²) in [5.41, 5.74) is -1.28. The normalized spacial score (nSPS) is 12.8. The Morgan fingerprint density at radius 2 is 1.02 bits per heavy atom. The van der Waals surface area contributed by atoms with Crippen molar-refractivity contribution in [2.45, 2.75) is 34.8 Å². The third-order valence-corrected chi connectivity index (χ3v) is 9.85. The first-order valence-corrected chi connectivity index (χ1v) is 15.1. The Bertz CT molecular complexity index is 1460. The van der Waals surface area contributed by atoms with Crippen LogP contribution in [0.3, 0.4) is 0 Å². The van der Waals surface area contributed by atoms with Crippen LogP contribution in [0.2, 0.25) is 0 Å². The van der Waals surface area contributed by atoms with Crippen molar-refractivity contribution < 1.29 is 50.5 Å². The molecule has 0 amide bonds. The number of para-hydroxylation sites is 2. The van der Waals surface area contributed by atoms with E-state index < -0.39 is 101 Å². The molecule has 0 spiro atoms. The molecule has 0 fully saturated rings. The summed E-state index contributed by atoms with van der Waals surface area (Å²) in [7, 11) is -4.11. The quantitative estimate of drug-likeness (QED) is 0.0761. The topological polar surface area (TPSA) is 223 Å². The summed E-state index contributed by atoms with van der Waals surface area (Å²) in [4.78, 5) is 44.5. The molecule has 0 aliphatic rings. The minimum absolute atomic E-state index is 0. The number of hydrogen-bond acceptors (Lipinski definition) is 13. The van der Waals surface area contributed by atoms with Crippen molar-refractivity contribution in [1.29, 1.82) is 0 Å². The summed E-state index contributed by atoms with van der Waals surface area (Å²) < 4.78 is 68.3. The van der Waals surface area contributed by atoms with Gasteiger partial charge in [-0.1, -0.05) is 24.3 Å². The molecule has 0 aliphatic heterocycles. The molecule has 2 unspecified atom stereocenters. The van der Waals surface area contributed by atoms with Crippen molar-refractivity contribution in [2.24, 2.45) is 0 Å². The predicted molar refractivity (Wildman–Crippen MR) is 162 cm³/mol. The van der Waals surface area contributed by atoms with E-state index in [4.69, 9.17) is 14.2 Å². The fourth-order valence-corrected chi connectivity index (χ4v) is 6.50. The van der Waals surface area contributed by atoms with Crippen LogP contribution in [0.15, 0.2) is 58.3 Å². The van der Waals surface area contributed by atoms with Gasteiger partial charge in [0.15, 0.2) is 9.79 Å². The van der Waals surface area contributed by atoms with E-state index in [1.807, 2.05) is 0 Å². The minimum atomic E-state index is -4.36. The Hall–Kier alpha value is -2.69. The molecule has 2 atom stereocenters. The van der Waals surface area contributed by atoms with Crippen molar-refractivity contribution in [1.82, 2.24) is 8.61 Å². The Balaban J connectivity index is 0.00000968. The molecule has 240 valence electrons. The van der Waals surface area contributed by atoms with Crippen molar-refractivity contribution in [3.63, 3.8) is 0 Å². The van der Waals surface area contributed by atoms with Crippen LogP contribution in [0.1, 0.15) is 12.8 Å². The number of carbonyl (C=O) groups is 2. The zero-order valence-corrected chi connectivity index (χ0v) is 25.1. The number of sulfonamides is 2. The van der Waals surface area contributed by atoms with Gasteiger partial charge >= 0.3 is 49.7 Å². The molecule has 0 aromatic heterocycles. The van der Waals surface area contributed by atoms with Crippen LogP contribution in [0, 0.1) is 20.2 Å². The second kappa shape index (κ2) is 18.5.